The van der Waals surface area contributed by atoms with E-state index in [2.05, 4.69) is 5.32 Å². The Hall–Kier alpha value is -2.89. The van der Waals surface area contributed by atoms with Crippen LogP contribution in [-0.4, -0.2) is 25.1 Å². The molecule has 0 spiro atoms. The van der Waals surface area contributed by atoms with Crippen LogP contribution < -0.4 is 10.1 Å². The van der Waals surface area contributed by atoms with Gasteiger partial charge < -0.3 is 14.8 Å². The first-order valence-electron chi connectivity index (χ1n) is 7.50. The second-order valence-electron chi connectivity index (χ2n) is 4.94. The Balaban J connectivity index is 1.92. The molecule has 1 amide bonds. The van der Waals surface area contributed by atoms with Crippen LogP contribution in [0.4, 0.5) is 10.1 Å². The molecule has 0 heterocycles. The standard InChI is InChI=1S/C18H18FNO4/c1-2-23-18(22)12-24-15-8-5-7-14(11-15)20-17(21)10-13-6-3-4-9-16(13)19/h3-9,11H,2,10,12H2,1H3,(H,20,21). The van der Waals surface area contributed by atoms with Gasteiger partial charge in [0.2, 0.25) is 5.91 Å². The van der Waals surface area contributed by atoms with Crippen molar-refractivity contribution in [1.82, 2.24) is 0 Å². The summed E-state index contributed by atoms with van der Waals surface area (Å²) in [7, 11) is 0. The third kappa shape index (κ3) is 5.39. The molecule has 0 aliphatic carbocycles. The van der Waals surface area contributed by atoms with E-state index in [1.807, 2.05) is 0 Å². The van der Waals surface area contributed by atoms with Gasteiger partial charge in [0, 0.05) is 11.8 Å². The number of rotatable bonds is 7. The normalized spacial score (nSPS) is 10.1. The highest BCUT2D eigenvalue weighted by Gasteiger charge is 2.09. The fraction of sp³-hybridized carbons (Fsp3) is 0.222. The molecule has 2 aromatic rings. The quantitative estimate of drug-likeness (QED) is 0.792. The first-order valence-corrected chi connectivity index (χ1v) is 7.50. The molecule has 0 aromatic heterocycles. The zero-order chi connectivity index (χ0) is 17.4. The Kier molecular flexibility index (Phi) is 6.31. The van der Waals surface area contributed by atoms with Crippen molar-refractivity contribution in [3.8, 4) is 5.75 Å². The molecule has 24 heavy (non-hydrogen) atoms. The number of halogens is 1. The van der Waals surface area contributed by atoms with Crippen LogP contribution in [0.5, 0.6) is 5.75 Å². The van der Waals surface area contributed by atoms with Crippen LogP contribution in [0, 0.1) is 5.82 Å². The minimum absolute atomic E-state index is 0.0689. The lowest BCUT2D eigenvalue weighted by atomic mass is 10.1. The maximum absolute atomic E-state index is 13.5. The summed E-state index contributed by atoms with van der Waals surface area (Å²) in [6.07, 6.45) is -0.0689. The first-order chi connectivity index (χ1) is 11.6. The molecule has 2 rings (SSSR count). The van der Waals surface area contributed by atoms with Crippen LogP contribution in [0.2, 0.25) is 0 Å². The van der Waals surface area contributed by atoms with E-state index >= 15 is 0 Å². The number of benzene rings is 2. The maximum atomic E-state index is 13.5. The maximum Gasteiger partial charge on any atom is 0.344 e. The van der Waals surface area contributed by atoms with Gasteiger partial charge >= 0.3 is 5.97 Å². The summed E-state index contributed by atoms with van der Waals surface area (Å²) in [5, 5.41) is 2.67. The number of carbonyl (C=O) groups is 2. The first kappa shape index (κ1) is 17.5. The number of hydrogen-bond donors (Lipinski definition) is 1. The van der Waals surface area contributed by atoms with Gasteiger partial charge in [0.05, 0.1) is 13.0 Å². The SMILES string of the molecule is CCOC(=O)COc1cccc(NC(=O)Cc2ccccc2F)c1. The Morgan fingerprint density at radius 3 is 2.67 bits per heavy atom. The van der Waals surface area contributed by atoms with E-state index in [9.17, 15) is 14.0 Å². The smallest absolute Gasteiger partial charge is 0.344 e. The highest BCUT2D eigenvalue weighted by molar-refractivity contribution is 5.92. The van der Waals surface area contributed by atoms with Gasteiger partial charge in [-0.05, 0) is 30.7 Å². The number of hydrogen-bond acceptors (Lipinski definition) is 4. The minimum atomic E-state index is -0.466. The van der Waals surface area contributed by atoms with Gasteiger partial charge in [-0.25, -0.2) is 9.18 Å². The van der Waals surface area contributed by atoms with Gasteiger partial charge in [0.15, 0.2) is 6.61 Å². The van der Waals surface area contributed by atoms with Crippen molar-refractivity contribution in [2.24, 2.45) is 0 Å². The average molecular weight is 331 g/mol. The van der Waals surface area contributed by atoms with Gasteiger partial charge in [-0.15, -0.1) is 0 Å². The van der Waals surface area contributed by atoms with Crippen LogP contribution >= 0.6 is 0 Å². The van der Waals surface area contributed by atoms with E-state index < -0.39 is 11.8 Å². The topological polar surface area (TPSA) is 64.6 Å². The second kappa shape index (κ2) is 8.67. The molecule has 0 saturated carbocycles. The molecule has 0 unspecified atom stereocenters. The van der Waals surface area contributed by atoms with Crippen LogP contribution in [0.25, 0.3) is 0 Å². The number of esters is 1. The Bertz CT molecular complexity index is 718. The molecule has 0 radical (unpaired) electrons. The summed E-state index contributed by atoms with van der Waals surface area (Å²) in [5.74, 6) is -0.806. The summed E-state index contributed by atoms with van der Waals surface area (Å²) >= 11 is 0. The summed E-state index contributed by atoms with van der Waals surface area (Å²) in [6, 6.07) is 12.7. The third-order valence-electron chi connectivity index (χ3n) is 3.09. The molecule has 5 nitrogen and oxygen atoms in total. The molecule has 0 fully saturated rings. The number of amides is 1. The van der Waals surface area contributed by atoms with E-state index in [-0.39, 0.29) is 25.5 Å². The van der Waals surface area contributed by atoms with Crippen molar-refractivity contribution in [3.05, 3.63) is 59.9 Å². The fourth-order valence-corrected chi connectivity index (χ4v) is 2.03. The van der Waals surface area contributed by atoms with E-state index in [1.54, 1.807) is 49.4 Å². The summed E-state index contributed by atoms with van der Waals surface area (Å²) in [6.45, 7) is 1.79. The van der Waals surface area contributed by atoms with Crippen molar-refractivity contribution in [1.29, 1.82) is 0 Å². The Labute approximate surface area is 139 Å². The van der Waals surface area contributed by atoms with E-state index in [0.717, 1.165) is 0 Å². The van der Waals surface area contributed by atoms with Gasteiger partial charge in [-0.3, -0.25) is 4.79 Å². The molecule has 0 bridgehead atoms. The van der Waals surface area contributed by atoms with Crippen molar-refractivity contribution in [3.63, 3.8) is 0 Å². The van der Waals surface area contributed by atoms with Crippen molar-refractivity contribution >= 4 is 17.6 Å². The monoisotopic (exact) mass is 331 g/mol. The van der Waals surface area contributed by atoms with Crippen LogP contribution in [-0.2, 0) is 20.7 Å². The van der Waals surface area contributed by atoms with Crippen molar-refractivity contribution in [2.45, 2.75) is 13.3 Å². The summed E-state index contributed by atoms with van der Waals surface area (Å²) in [5.41, 5.74) is 0.822. The molecule has 0 atom stereocenters. The van der Waals surface area contributed by atoms with Gasteiger partial charge in [0.1, 0.15) is 11.6 Å². The molecule has 6 heteroatoms. The second-order valence-corrected chi connectivity index (χ2v) is 4.94. The van der Waals surface area contributed by atoms with Crippen LogP contribution in [0.1, 0.15) is 12.5 Å². The number of ether oxygens (including phenoxy) is 2. The highest BCUT2D eigenvalue weighted by atomic mass is 19.1. The van der Waals surface area contributed by atoms with Gasteiger partial charge in [-0.2, -0.15) is 0 Å². The fourth-order valence-electron chi connectivity index (χ4n) is 2.03. The lowest BCUT2D eigenvalue weighted by Gasteiger charge is -2.09. The van der Waals surface area contributed by atoms with E-state index in [0.29, 0.717) is 17.0 Å². The molecular formula is C18H18FNO4. The number of nitrogens with one attached hydrogen (secondary N) is 1. The largest absolute Gasteiger partial charge is 0.482 e. The molecule has 2 aromatic carbocycles. The molecule has 1 N–H and O–H groups in total. The number of anilines is 1. The average Bonchev–Trinajstić information content (AvgIpc) is 2.56. The minimum Gasteiger partial charge on any atom is -0.482 e. The van der Waals surface area contributed by atoms with Gasteiger partial charge in [-0.1, -0.05) is 24.3 Å². The predicted molar refractivity (Wildman–Crippen MR) is 87.3 cm³/mol. The lowest BCUT2D eigenvalue weighted by Crippen LogP contribution is -2.16. The molecule has 0 aliphatic heterocycles. The molecule has 0 saturated heterocycles. The zero-order valence-electron chi connectivity index (χ0n) is 13.3. The van der Waals surface area contributed by atoms with Gasteiger partial charge in [0.25, 0.3) is 0 Å². The molecular weight excluding hydrogens is 313 g/mol. The summed E-state index contributed by atoms with van der Waals surface area (Å²) in [4.78, 5) is 23.3. The third-order valence-corrected chi connectivity index (χ3v) is 3.09. The molecule has 126 valence electrons. The highest BCUT2D eigenvalue weighted by Crippen LogP contribution is 2.18. The van der Waals surface area contributed by atoms with Crippen LogP contribution in [0.15, 0.2) is 48.5 Å². The van der Waals surface area contributed by atoms with E-state index in [1.165, 1.54) is 6.07 Å². The Morgan fingerprint density at radius 1 is 1.12 bits per heavy atom. The zero-order valence-corrected chi connectivity index (χ0v) is 13.3. The van der Waals surface area contributed by atoms with Crippen molar-refractivity contribution in [2.75, 3.05) is 18.5 Å². The number of carbonyl (C=O) groups excluding carboxylic acids is 2. The summed E-state index contributed by atoms with van der Waals surface area (Å²) < 4.78 is 23.6. The van der Waals surface area contributed by atoms with E-state index in [4.69, 9.17) is 9.47 Å². The predicted octanol–water partition coefficient (Wildman–Crippen LogP) is 2.95. The lowest BCUT2D eigenvalue weighted by molar-refractivity contribution is -0.145. The molecule has 0 aliphatic rings. The van der Waals surface area contributed by atoms with Crippen molar-refractivity contribution < 1.29 is 23.5 Å². The Morgan fingerprint density at radius 2 is 1.92 bits per heavy atom. The van der Waals surface area contributed by atoms with Crippen LogP contribution in [0.3, 0.4) is 0 Å².